The second-order valence-electron chi connectivity index (χ2n) is 19.1. The molecule has 0 aliphatic heterocycles. The van der Waals surface area contributed by atoms with E-state index in [1.54, 1.807) is 0 Å². The highest BCUT2D eigenvalue weighted by Crippen LogP contribution is 2.66. The van der Waals surface area contributed by atoms with E-state index >= 15 is 4.39 Å². The zero-order valence-electron chi connectivity index (χ0n) is 37.6. The Balaban J connectivity index is 0.0000112. The maximum absolute atomic E-state index is 16.0. The fourth-order valence-electron chi connectivity index (χ4n) is 11.2. The predicted molar refractivity (Wildman–Crippen MR) is 229 cm³/mol. The molecule has 0 saturated heterocycles. The van der Waals surface area contributed by atoms with Crippen LogP contribution in [-0.2, 0) is 28.6 Å². The fraction of sp³-hybridized carbons (Fsp3) is 0.938. The Morgan fingerprint density at radius 3 is 1.56 bits per heavy atom. The molecule has 4 saturated carbocycles. The van der Waals surface area contributed by atoms with Crippen molar-refractivity contribution in [3.8, 4) is 0 Å². The van der Waals surface area contributed by atoms with Gasteiger partial charge >= 0.3 is 17.9 Å². The predicted octanol–water partition coefficient (Wildman–Crippen LogP) is 12.5. The van der Waals surface area contributed by atoms with Crippen LogP contribution in [0.4, 0.5) is 9.09 Å². The molecule has 0 N–H and O–H groups in total. The van der Waals surface area contributed by atoms with Crippen LogP contribution >= 0.6 is 0 Å². The summed E-state index contributed by atoms with van der Waals surface area (Å²) in [7, 11) is 0. The summed E-state index contributed by atoms with van der Waals surface area (Å²) >= 11 is 0. The molecule has 334 valence electrons. The first-order chi connectivity index (χ1) is 27.0. The molecule has 4 aliphatic rings. The van der Waals surface area contributed by atoms with Gasteiger partial charge in [0.2, 0.25) is 0 Å². The molecule has 4 bridgehead atoms. The third-order valence-corrected chi connectivity index (χ3v) is 14.1. The number of alkyl halides is 1. The smallest absolute Gasteiger partial charge is 0.341 e. The molecule has 0 aromatic heterocycles. The van der Waals surface area contributed by atoms with Gasteiger partial charge in [-0.05, 0) is 109 Å². The van der Waals surface area contributed by atoms with Crippen LogP contribution in [0.25, 0.3) is 0 Å². The van der Waals surface area contributed by atoms with Gasteiger partial charge in [0.25, 0.3) is 0 Å². The summed E-state index contributed by atoms with van der Waals surface area (Å²) in [6, 6.07) is 0. The number of carbonyl (C=O) groups is 3. The molecule has 0 aromatic carbocycles. The molecule has 5 unspecified atom stereocenters. The number of unbranched alkanes of at least 4 members (excludes halogenated alkanes) is 8. The number of hydrogen-bond donors (Lipinski definition) is 0. The summed E-state index contributed by atoms with van der Waals surface area (Å²) in [5, 5.41) is 0. The normalized spacial score (nSPS) is 24.4. The number of rotatable bonds is 32. The molecular weight excluding hydrogens is 725 g/mol. The number of hydrogen-bond acceptors (Lipinski definition) is 7. The zero-order chi connectivity index (χ0) is 40.9. The van der Waals surface area contributed by atoms with Gasteiger partial charge in [0, 0.05) is 35.0 Å². The van der Waals surface area contributed by atoms with Crippen molar-refractivity contribution in [2.75, 3.05) is 39.5 Å². The minimum atomic E-state index is -1.61. The first-order valence-electron chi connectivity index (χ1n) is 23.8. The molecule has 57 heavy (non-hydrogen) atoms. The SMILES string of the molecule is CCCCCC(CCCCC)CC(=O)OCC12CCC3(COC(=O)CCCN(CC)CC)CC(C1)CC(COC(=O)C(F)C(CCCCC)CCCCC)(C3)C2.F. The van der Waals surface area contributed by atoms with Crippen LogP contribution in [0.1, 0.15) is 208 Å². The van der Waals surface area contributed by atoms with E-state index < -0.39 is 12.1 Å². The van der Waals surface area contributed by atoms with Crippen molar-refractivity contribution in [2.24, 2.45) is 34.0 Å². The molecule has 5 atom stereocenters. The van der Waals surface area contributed by atoms with Crippen molar-refractivity contribution in [1.29, 1.82) is 0 Å². The zero-order valence-corrected chi connectivity index (χ0v) is 37.6. The summed E-state index contributed by atoms with van der Waals surface area (Å²) in [6.45, 7) is 16.8. The van der Waals surface area contributed by atoms with Crippen molar-refractivity contribution < 1.29 is 37.7 Å². The standard InChI is InChI=1S/C48H86FNO6.FH/c1-7-13-17-22-39(23-18-14-8-2)30-43(52)55-37-47-28-27-46(36-54-42(51)26-21-29-50(11-5)12-6)31-40(32-47)33-48(34-46,35-47)38-56-45(53)44(49)41(24-19-15-9-3)25-20-16-10-4;/h39-41,44H,7-38H2,1-6H3;1H. The Bertz CT molecular complexity index is 1120. The van der Waals surface area contributed by atoms with Crippen molar-refractivity contribution in [2.45, 2.75) is 215 Å². The number of ether oxygens (including phenoxy) is 3. The summed E-state index contributed by atoms with van der Waals surface area (Å²) in [5.74, 6) is -0.501. The lowest BCUT2D eigenvalue weighted by molar-refractivity contribution is -0.168. The maximum atomic E-state index is 16.0. The van der Waals surface area contributed by atoms with Gasteiger partial charge in [-0.3, -0.25) is 14.3 Å². The largest absolute Gasteiger partial charge is 0.465 e. The average molecular weight is 812 g/mol. The van der Waals surface area contributed by atoms with E-state index in [9.17, 15) is 14.4 Å². The first-order valence-corrected chi connectivity index (χ1v) is 23.8. The van der Waals surface area contributed by atoms with Gasteiger partial charge in [0.1, 0.15) is 0 Å². The molecule has 0 aromatic rings. The number of carbonyl (C=O) groups excluding carboxylic acids is 3. The minimum Gasteiger partial charge on any atom is -0.465 e. The summed E-state index contributed by atoms with van der Waals surface area (Å²) < 4.78 is 34.5. The van der Waals surface area contributed by atoms with Crippen molar-refractivity contribution >= 4 is 17.9 Å². The fourth-order valence-corrected chi connectivity index (χ4v) is 11.2. The van der Waals surface area contributed by atoms with Gasteiger partial charge in [0.15, 0.2) is 6.17 Å². The number of halogens is 2. The van der Waals surface area contributed by atoms with E-state index in [-0.39, 0.29) is 45.4 Å². The average Bonchev–Trinajstić information content (AvgIpc) is 3.36. The molecule has 0 radical (unpaired) electrons. The van der Waals surface area contributed by atoms with Crippen LogP contribution in [0.5, 0.6) is 0 Å². The van der Waals surface area contributed by atoms with Crippen LogP contribution in [-0.4, -0.2) is 68.4 Å². The lowest BCUT2D eigenvalue weighted by Crippen LogP contribution is -2.50. The molecule has 0 heterocycles. The van der Waals surface area contributed by atoms with Gasteiger partial charge in [-0.1, -0.05) is 119 Å². The summed E-state index contributed by atoms with van der Waals surface area (Å²) in [4.78, 5) is 42.5. The van der Waals surface area contributed by atoms with Crippen LogP contribution in [0.2, 0.25) is 0 Å². The third kappa shape index (κ3) is 17.4. The Hall–Kier alpha value is -1.77. The maximum Gasteiger partial charge on any atom is 0.341 e. The molecule has 4 rings (SSSR count). The van der Waals surface area contributed by atoms with Gasteiger partial charge in [0.05, 0.1) is 19.8 Å². The van der Waals surface area contributed by atoms with Gasteiger partial charge < -0.3 is 19.1 Å². The van der Waals surface area contributed by atoms with E-state index in [0.717, 1.165) is 148 Å². The van der Waals surface area contributed by atoms with E-state index in [4.69, 9.17) is 14.2 Å². The van der Waals surface area contributed by atoms with Crippen LogP contribution in [0.15, 0.2) is 0 Å². The van der Waals surface area contributed by atoms with Crippen molar-refractivity contribution in [1.82, 2.24) is 4.90 Å². The van der Waals surface area contributed by atoms with E-state index in [0.29, 0.717) is 37.9 Å². The van der Waals surface area contributed by atoms with Crippen LogP contribution in [0.3, 0.4) is 0 Å². The van der Waals surface area contributed by atoms with Crippen LogP contribution in [0, 0.1) is 34.0 Å². The van der Waals surface area contributed by atoms with Crippen molar-refractivity contribution in [3.05, 3.63) is 0 Å². The summed E-state index contributed by atoms with van der Waals surface area (Å²) in [5.41, 5.74) is -0.778. The molecule has 4 fully saturated rings. The van der Waals surface area contributed by atoms with Crippen molar-refractivity contribution in [3.63, 3.8) is 0 Å². The molecule has 0 spiro atoms. The van der Waals surface area contributed by atoms with E-state index in [1.807, 2.05) is 0 Å². The molecular formula is C48H87F2NO6. The highest BCUT2D eigenvalue weighted by Gasteiger charge is 2.60. The van der Waals surface area contributed by atoms with Gasteiger partial charge in [-0.2, -0.15) is 0 Å². The summed E-state index contributed by atoms with van der Waals surface area (Å²) in [6.07, 6.45) is 23.0. The topological polar surface area (TPSA) is 82.1 Å². The Morgan fingerprint density at radius 1 is 0.614 bits per heavy atom. The Morgan fingerprint density at radius 2 is 1.07 bits per heavy atom. The highest BCUT2D eigenvalue weighted by atomic mass is 19.1. The van der Waals surface area contributed by atoms with E-state index in [1.165, 1.54) is 25.7 Å². The molecule has 9 heteroatoms. The first kappa shape index (κ1) is 51.4. The lowest BCUT2D eigenvalue weighted by Gasteiger charge is -2.54. The lowest BCUT2D eigenvalue weighted by atomic mass is 9.51. The molecule has 7 nitrogen and oxygen atoms in total. The second-order valence-corrected chi connectivity index (χ2v) is 19.1. The van der Waals surface area contributed by atoms with E-state index in [2.05, 4.69) is 46.4 Å². The van der Waals surface area contributed by atoms with Gasteiger partial charge in [-0.25, -0.2) is 9.18 Å². The third-order valence-electron chi connectivity index (χ3n) is 14.1. The Kier molecular flexibility index (Phi) is 24.5. The van der Waals surface area contributed by atoms with Gasteiger partial charge in [-0.15, -0.1) is 0 Å². The number of nitrogens with zero attached hydrogens (tertiary/aromatic N) is 1. The quantitative estimate of drug-likeness (QED) is 0.0380. The Labute approximate surface area is 347 Å². The number of esters is 3. The second kappa shape index (κ2) is 27.2. The number of fused-ring (bicyclic) bond motifs is 1. The van der Waals surface area contributed by atoms with Crippen LogP contribution < -0.4 is 0 Å². The highest BCUT2D eigenvalue weighted by molar-refractivity contribution is 5.75. The monoisotopic (exact) mass is 812 g/mol. The molecule has 4 aliphatic carbocycles. The molecule has 0 amide bonds. The minimum absolute atomic E-state index is 0.